The van der Waals surface area contributed by atoms with Crippen LogP contribution in [0.1, 0.15) is 110 Å². The van der Waals surface area contributed by atoms with Gasteiger partial charge in [-0.15, -0.1) is 0 Å². The number of allylic oxidation sites excluding steroid dienone is 1. The molecule has 0 aromatic heterocycles. The van der Waals surface area contributed by atoms with Gasteiger partial charge < -0.3 is 5.11 Å². The monoisotopic (exact) mass is 888 g/mol. The molecule has 0 radical (unpaired) electrons. The van der Waals surface area contributed by atoms with Crippen LogP contribution in [0.25, 0.3) is 0 Å². The molecule has 310 valence electrons. The normalized spacial score (nSPS) is 17.9. The smallest absolute Gasteiger partial charge is 0.280 e. The third-order valence-electron chi connectivity index (χ3n) is 10.1. The van der Waals surface area contributed by atoms with Crippen molar-refractivity contribution in [1.29, 1.82) is 0 Å². The van der Waals surface area contributed by atoms with E-state index in [-0.39, 0.29) is 77.7 Å². The Labute approximate surface area is 365 Å². The second-order valence-corrected chi connectivity index (χ2v) is 16.6. The van der Waals surface area contributed by atoms with E-state index >= 15 is 0 Å². The second kappa shape index (κ2) is 22.6. The Hall–Kier alpha value is -3.67. The number of phenolic OH excluding ortho intramolecular Hbond substituents is 1. The number of azo groups is 1. The maximum atomic E-state index is 13.9. The molecule has 3 aromatic carbocycles. The van der Waals surface area contributed by atoms with Crippen LogP contribution in [0.5, 0.6) is 5.75 Å². The molecule has 2 aliphatic rings. The molecule has 58 heavy (non-hydrogen) atoms. The minimum Gasteiger partial charge on any atom is -0.508 e. The van der Waals surface area contributed by atoms with Crippen LogP contribution in [0.2, 0.25) is 25.1 Å². The summed E-state index contributed by atoms with van der Waals surface area (Å²) in [5.74, 6) is -2.00. The van der Waals surface area contributed by atoms with E-state index in [2.05, 4.69) is 27.6 Å². The van der Waals surface area contributed by atoms with Gasteiger partial charge in [0.2, 0.25) is 17.9 Å². The van der Waals surface area contributed by atoms with Crippen molar-refractivity contribution in [2.75, 3.05) is 9.91 Å². The van der Waals surface area contributed by atoms with Crippen molar-refractivity contribution < 1.29 is 19.5 Å². The lowest BCUT2D eigenvalue weighted by atomic mass is 10.0. The number of halogens is 5. The Morgan fingerprint density at radius 3 is 1.97 bits per heavy atom. The number of aliphatic imine (C=N–C) groups is 1. The van der Waals surface area contributed by atoms with Crippen LogP contribution in [0.4, 0.5) is 22.7 Å². The Bertz CT molecular complexity index is 2000. The first kappa shape index (κ1) is 45.4. The second-order valence-electron chi connectivity index (χ2n) is 14.6. The maximum absolute atomic E-state index is 13.9. The van der Waals surface area contributed by atoms with Gasteiger partial charge in [0.15, 0.2) is 5.84 Å². The van der Waals surface area contributed by atoms with Gasteiger partial charge in [-0.2, -0.15) is 10.2 Å². The molecule has 3 amide bonds. The van der Waals surface area contributed by atoms with Gasteiger partial charge in [-0.1, -0.05) is 161 Å². The van der Waals surface area contributed by atoms with Gasteiger partial charge in [0.25, 0.3) is 5.91 Å². The van der Waals surface area contributed by atoms with E-state index in [0.29, 0.717) is 0 Å². The molecule has 3 aromatic rings. The number of nitrogens with zero attached hydrogens (tertiary/aromatic N) is 5. The first-order chi connectivity index (χ1) is 28.0. The fourth-order valence-electron chi connectivity index (χ4n) is 6.92. The number of benzene rings is 3. The molecule has 2 heterocycles. The lowest BCUT2D eigenvalue weighted by molar-refractivity contribution is -0.122. The number of aromatic hydroxyl groups is 1. The highest BCUT2D eigenvalue weighted by atomic mass is 35.5. The first-order valence-corrected chi connectivity index (χ1v) is 21.9. The van der Waals surface area contributed by atoms with Crippen LogP contribution >= 0.6 is 58.0 Å². The molecule has 5 rings (SSSR count). The van der Waals surface area contributed by atoms with E-state index in [1.807, 2.05) is 12.2 Å². The number of carbonyl (C=O) groups excluding carboxylic acids is 3. The fraction of sp³-hybridized carbons (Fsp3) is 0.442. The zero-order valence-corrected chi connectivity index (χ0v) is 36.3. The topological polar surface area (TPSA) is 127 Å². The summed E-state index contributed by atoms with van der Waals surface area (Å²) in [4.78, 5) is 46.4. The third kappa shape index (κ3) is 12.4. The molecule has 2 saturated heterocycles. The molecule has 0 bridgehead atoms. The molecule has 2 atom stereocenters. The predicted octanol–water partition coefficient (Wildman–Crippen LogP) is 13.7. The summed E-state index contributed by atoms with van der Waals surface area (Å²) in [5, 5.41) is 19.9. The van der Waals surface area contributed by atoms with E-state index in [9.17, 15) is 19.5 Å². The summed E-state index contributed by atoms with van der Waals surface area (Å²) in [6.07, 6.45) is 22.9. The van der Waals surface area contributed by atoms with Gasteiger partial charge in [0.1, 0.15) is 17.1 Å². The van der Waals surface area contributed by atoms with Gasteiger partial charge in [-0.05, 0) is 55.3 Å². The molecule has 2 fully saturated rings. The fourth-order valence-corrected chi connectivity index (χ4v) is 8.28. The number of unbranched alkanes of at least 4 members (excludes halogenated alkanes) is 14. The number of anilines is 2. The van der Waals surface area contributed by atoms with Gasteiger partial charge in [-0.3, -0.25) is 19.8 Å². The van der Waals surface area contributed by atoms with Crippen molar-refractivity contribution >= 4 is 104 Å². The Morgan fingerprint density at radius 1 is 0.724 bits per heavy atom. The largest absolute Gasteiger partial charge is 0.508 e. The molecule has 0 spiro atoms. The van der Waals surface area contributed by atoms with Crippen LogP contribution in [-0.2, 0) is 14.4 Å². The maximum Gasteiger partial charge on any atom is 0.280 e. The lowest BCUT2D eigenvalue weighted by Gasteiger charge is -2.19. The van der Waals surface area contributed by atoms with E-state index in [1.165, 1.54) is 120 Å². The number of nitrogens with one attached hydrogen (secondary N) is 1. The molecule has 0 aliphatic carbocycles. The summed E-state index contributed by atoms with van der Waals surface area (Å²) in [6, 6.07) is 10.2. The molecule has 15 heteroatoms. The molecular formula is C43H49Cl5N6O4. The van der Waals surface area contributed by atoms with Crippen LogP contribution < -0.4 is 15.3 Å². The highest BCUT2D eigenvalue weighted by Gasteiger charge is 2.42. The van der Waals surface area contributed by atoms with Crippen molar-refractivity contribution in [3.8, 4) is 5.75 Å². The number of hydrazine groups is 1. The van der Waals surface area contributed by atoms with Crippen molar-refractivity contribution in [3.63, 3.8) is 0 Å². The van der Waals surface area contributed by atoms with Crippen LogP contribution in [0.3, 0.4) is 0 Å². The Balaban J connectivity index is 1.21. The van der Waals surface area contributed by atoms with Crippen molar-refractivity contribution in [2.45, 2.75) is 116 Å². The number of hydrogen-bond acceptors (Lipinski definition) is 7. The number of amidine groups is 1. The van der Waals surface area contributed by atoms with Crippen LogP contribution in [0, 0.1) is 5.92 Å². The van der Waals surface area contributed by atoms with Crippen molar-refractivity contribution in [1.82, 2.24) is 5.43 Å². The summed E-state index contributed by atoms with van der Waals surface area (Å²) < 4.78 is 0. The average molecular weight is 891 g/mol. The number of amides is 3. The molecule has 10 nitrogen and oxygen atoms in total. The highest BCUT2D eigenvalue weighted by Crippen LogP contribution is 2.39. The molecule has 2 unspecified atom stereocenters. The zero-order valence-electron chi connectivity index (χ0n) is 32.5. The van der Waals surface area contributed by atoms with E-state index in [1.54, 1.807) is 6.07 Å². The van der Waals surface area contributed by atoms with Gasteiger partial charge in [0.05, 0.1) is 37.4 Å². The van der Waals surface area contributed by atoms with Crippen LogP contribution in [0.15, 0.2) is 75.9 Å². The Kier molecular flexibility index (Phi) is 17.7. The quantitative estimate of drug-likeness (QED) is 0.0476. The molecule has 0 saturated carbocycles. The first-order valence-electron chi connectivity index (χ1n) is 20.0. The summed E-state index contributed by atoms with van der Waals surface area (Å²) >= 11 is 31.9. The minimum absolute atomic E-state index is 0.0202. The van der Waals surface area contributed by atoms with Gasteiger partial charge >= 0.3 is 0 Å². The summed E-state index contributed by atoms with van der Waals surface area (Å²) in [6.45, 7) is 2.26. The molecule has 2 N–H and O–H groups in total. The van der Waals surface area contributed by atoms with Crippen LogP contribution in [-0.4, -0.2) is 34.7 Å². The van der Waals surface area contributed by atoms with Gasteiger partial charge in [0, 0.05) is 17.5 Å². The molecule has 2 aliphatic heterocycles. The minimum atomic E-state index is -1.36. The number of hydrogen-bond donors (Lipinski definition) is 2. The van der Waals surface area contributed by atoms with E-state index < -0.39 is 17.9 Å². The summed E-state index contributed by atoms with van der Waals surface area (Å²) in [5.41, 5.74) is 3.60. The van der Waals surface area contributed by atoms with E-state index in [4.69, 9.17) is 58.0 Å². The number of phenols is 1. The highest BCUT2D eigenvalue weighted by molar-refractivity contribution is 6.43. The third-order valence-corrected chi connectivity index (χ3v) is 11.5. The lowest BCUT2D eigenvalue weighted by Crippen LogP contribution is -2.36. The standard InChI is InChI=1S/C43H49Cl5N6O4/c1-2-3-4-5-6-7-8-9-10-11-12-13-14-15-16-17-18-28-23-38(56)53(42(28)57)30-19-21-32(45)37(26-30)49-41-39(51-50-36-22-20-31(55)27-33(36)46)43(58)54(52-41)40-34(47)24-29(44)25-35(40)48/h17-22,24-28,39,55H,2-16,23H2,1H3,(H,49,52)/b18-17+,51-50?. The average Bonchev–Trinajstić information content (AvgIpc) is 3.63. The van der Waals surface area contributed by atoms with Gasteiger partial charge in [-0.25, -0.2) is 14.9 Å². The number of carbonyl (C=O) groups is 3. The zero-order chi connectivity index (χ0) is 41.6. The van der Waals surface area contributed by atoms with E-state index in [0.717, 1.165) is 29.2 Å². The van der Waals surface area contributed by atoms with Crippen molar-refractivity contribution in [3.05, 3.63) is 85.8 Å². The van der Waals surface area contributed by atoms with Crippen molar-refractivity contribution in [2.24, 2.45) is 21.1 Å². The predicted molar refractivity (Wildman–Crippen MR) is 237 cm³/mol. The number of imide groups is 1. The number of rotatable bonds is 21. The summed E-state index contributed by atoms with van der Waals surface area (Å²) in [7, 11) is 0. The Morgan fingerprint density at radius 2 is 1.34 bits per heavy atom. The molecular weight excluding hydrogens is 842 g/mol. The SMILES string of the molecule is CCCCCCCCCCCCCCCC/C=C/C1CC(=O)N(c2ccc(Cl)c(N=C3NN(c4c(Cl)cc(Cl)cc4Cl)C(=O)C3N=Nc3ccc(O)cc3Cl)c2)C1=O.